The summed E-state index contributed by atoms with van der Waals surface area (Å²) in [4.78, 5) is 12.7. The van der Waals surface area contributed by atoms with Gasteiger partial charge in [-0.25, -0.2) is 4.79 Å². The van der Waals surface area contributed by atoms with E-state index in [1.54, 1.807) is 7.11 Å². The van der Waals surface area contributed by atoms with Gasteiger partial charge in [-0.3, -0.25) is 0 Å². The van der Waals surface area contributed by atoms with Crippen LogP contribution in [0.5, 0.6) is 11.5 Å². The summed E-state index contributed by atoms with van der Waals surface area (Å²) in [5, 5.41) is 0.768. The molecule has 3 heterocycles. The zero-order valence-corrected chi connectivity index (χ0v) is 18.4. The van der Waals surface area contributed by atoms with Gasteiger partial charge in [-0.2, -0.15) is 0 Å². The second kappa shape index (κ2) is 6.99. The van der Waals surface area contributed by atoms with Gasteiger partial charge in [0.2, 0.25) is 0 Å². The van der Waals surface area contributed by atoms with Crippen LogP contribution in [-0.2, 0) is 4.74 Å². The zero-order chi connectivity index (χ0) is 21.9. The van der Waals surface area contributed by atoms with Crippen molar-refractivity contribution in [1.29, 1.82) is 0 Å². The molecule has 0 bridgehead atoms. The Bertz CT molecular complexity index is 1250. The summed E-state index contributed by atoms with van der Waals surface area (Å²) in [5.41, 5.74) is 2.87. The third kappa shape index (κ3) is 3.07. The molecule has 5 rings (SSSR count). The monoisotopic (exact) mass is 418 g/mol. The normalized spacial score (nSPS) is 23.6. The van der Waals surface area contributed by atoms with Gasteiger partial charge >= 0.3 is 5.63 Å². The van der Waals surface area contributed by atoms with Crippen molar-refractivity contribution >= 4 is 17.0 Å². The maximum atomic E-state index is 12.7. The summed E-state index contributed by atoms with van der Waals surface area (Å²) < 4.78 is 24.6. The second-order valence-electron chi connectivity index (χ2n) is 8.91. The number of hydrogen-bond donors (Lipinski definition) is 0. The van der Waals surface area contributed by atoms with E-state index in [0.717, 1.165) is 27.6 Å². The molecule has 3 aromatic rings. The molecule has 0 aliphatic carbocycles. The van der Waals surface area contributed by atoms with Crippen LogP contribution in [0, 0.1) is 5.92 Å². The van der Waals surface area contributed by atoms with Crippen LogP contribution >= 0.6 is 0 Å². The topological polar surface area (TPSA) is 57.9 Å². The van der Waals surface area contributed by atoms with Crippen LogP contribution in [0.3, 0.4) is 0 Å². The van der Waals surface area contributed by atoms with Crippen molar-refractivity contribution in [3.8, 4) is 22.6 Å². The van der Waals surface area contributed by atoms with Crippen molar-refractivity contribution in [3.05, 3.63) is 64.0 Å². The lowest BCUT2D eigenvalue weighted by Crippen LogP contribution is -2.35. The fourth-order valence-electron chi connectivity index (χ4n) is 4.60. The molecule has 0 spiro atoms. The van der Waals surface area contributed by atoms with Crippen LogP contribution in [0.2, 0.25) is 0 Å². The van der Waals surface area contributed by atoms with Gasteiger partial charge in [-0.15, -0.1) is 0 Å². The van der Waals surface area contributed by atoms with E-state index >= 15 is 0 Å². The Morgan fingerprint density at radius 2 is 1.81 bits per heavy atom. The molecule has 31 heavy (non-hydrogen) atoms. The molecular formula is C26H26O5. The molecule has 2 aromatic carbocycles. The molecule has 0 amide bonds. The lowest BCUT2D eigenvalue weighted by Gasteiger charge is -2.38. The minimum Gasteiger partial charge on any atom is -0.489 e. The standard InChI is InChI=1S/C26H26O5/c1-14-15(2)29-23-17-11-12-26(3,4)31-24(17)20-18(16-9-7-6-8-10-16)13-19(27)30-25(20)21(23)22(14)28-5/h6-15,22H,1-5H3/t14-,15-,22-/m1/s1. The highest BCUT2D eigenvalue weighted by Crippen LogP contribution is 2.53. The fraction of sp³-hybridized carbons (Fsp3) is 0.346. The summed E-state index contributed by atoms with van der Waals surface area (Å²) in [6.07, 6.45) is 3.73. The Hall–Kier alpha value is -3.05. The Kier molecular flexibility index (Phi) is 4.48. The predicted molar refractivity (Wildman–Crippen MR) is 121 cm³/mol. The smallest absolute Gasteiger partial charge is 0.336 e. The highest BCUT2D eigenvalue weighted by atomic mass is 16.5. The van der Waals surface area contributed by atoms with Gasteiger partial charge in [0.15, 0.2) is 5.58 Å². The lowest BCUT2D eigenvalue weighted by molar-refractivity contribution is -0.0125. The Morgan fingerprint density at radius 3 is 2.52 bits per heavy atom. The molecule has 0 saturated carbocycles. The molecule has 5 nitrogen and oxygen atoms in total. The third-order valence-corrected chi connectivity index (χ3v) is 6.33. The van der Waals surface area contributed by atoms with E-state index in [1.807, 2.05) is 63.3 Å². The summed E-state index contributed by atoms with van der Waals surface area (Å²) in [5.74, 6) is 1.41. The van der Waals surface area contributed by atoms with Gasteiger partial charge in [0.25, 0.3) is 0 Å². The molecule has 0 unspecified atom stereocenters. The van der Waals surface area contributed by atoms with Crippen LogP contribution < -0.4 is 15.1 Å². The number of ether oxygens (including phenoxy) is 3. The van der Waals surface area contributed by atoms with Crippen LogP contribution in [0.25, 0.3) is 28.2 Å². The molecule has 0 N–H and O–H groups in total. The maximum Gasteiger partial charge on any atom is 0.336 e. The van der Waals surface area contributed by atoms with Crippen molar-refractivity contribution in [3.63, 3.8) is 0 Å². The van der Waals surface area contributed by atoms with E-state index in [0.29, 0.717) is 17.1 Å². The summed E-state index contributed by atoms with van der Waals surface area (Å²) in [6, 6.07) is 11.4. The van der Waals surface area contributed by atoms with Crippen LogP contribution in [0.1, 0.15) is 44.9 Å². The van der Waals surface area contributed by atoms with E-state index in [4.69, 9.17) is 18.6 Å². The first-order valence-electron chi connectivity index (χ1n) is 10.6. The number of hydrogen-bond acceptors (Lipinski definition) is 5. The van der Waals surface area contributed by atoms with Gasteiger partial charge in [0.1, 0.15) is 23.2 Å². The molecule has 2 aliphatic heterocycles. The number of rotatable bonds is 2. The molecule has 0 radical (unpaired) electrons. The van der Waals surface area contributed by atoms with E-state index in [1.165, 1.54) is 6.07 Å². The highest BCUT2D eigenvalue weighted by molar-refractivity contribution is 6.04. The van der Waals surface area contributed by atoms with E-state index < -0.39 is 11.2 Å². The molecule has 3 atom stereocenters. The van der Waals surface area contributed by atoms with Gasteiger partial charge in [0, 0.05) is 24.7 Å². The lowest BCUT2D eigenvalue weighted by atomic mass is 9.84. The molecule has 0 fully saturated rings. The Balaban J connectivity index is 1.97. The molecule has 0 saturated heterocycles. The van der Waals surface area contributed by atoms with E-state index in [-0.39, 0.29) is 18.1 Å². The summed E-state index contributed by atoms with van der Waals surface area (Å²) >= 11 is 0. The van der Waals surface area contributed by atoms with Crippen molar-refractivity contribution < 1.29 is 18.6 Å². The first kappa shape index (κ1) is 19.9. The van der Waals surface area contributed by atoms with Gasteiger partial charge < -0.3 is 18.6 Å². The Morgan fingerprint density at radius 1 is 1.06 bits per heavy atom. The maximum absolute atomic E-state index is 12.7. The van der Waals surface area contributed by atoms with Crippen molar-refractivity contribution in [2.24, 2.45) is 5.92 Å². The minimum absolute atomic E-state index is 0.0636. The van der Waals surface area contributed by atoms with Gasteiger partial charge in [-0.1, -0.05) is 37.3 Å². The quantitative estimate of drug-likeness (QED) is 0.496. The molecule has 5 heteroatoms. The number of fused-ring (bicyclic) bond motifs is 6. The average Bonchev–Trinajstić information content (AvgIpc) is 2.74. The van der Waals surface area contributed by atoms with Gasteiger partial charge in [0.05, 0.1) is 22.6 Å². The van der Waals surface area contributed by atoms with Crippen LogP contribution in [0.15, 0.2) is 51.7 Å². The summed E-state index contributed by atoms with van der Waals surface area (Å²) in [7, 11) is 1.68. The van der Waals surface area contributed by atoms with Crippen LogP contribution in [-0.4, -0.2) is 18.8 Å². The number of methoxy groups -OCH3 is 1. The molecular weight excluding hydrogens is 392 g/mol. The van der Waals surface area contributed by atoms with Crippen LogP contribution in [0.4, 0.5) is 0 Å². The van der Waals surface area contributed by atoms with Crippen molar-refractivity contribution in [2.45, 2.75) is 45.5 Å². The minimum atomic E-state index is -0.507. The fourth-order valence-corrected chi connectivity index (χ4v) is 4.60. The summed E-state index contributed by atoms with van der Waals surface area (Å²) in [6.45, 7) is 8.12. The molecule has 1 aromatic heterocycles. The Labute approximate surface area is 181 Å². The first-order valence-corrected chi connectivity index (χ1v) is 10.6. The first-order chi connectivity index (χ1) is 14.8. The predicted octanol–water partition coefficient (Wildman–Crippen LogP) is 5.75. The van der Waals surface area contributed by atoms with Crippen molar-refractivity contribution in [1.82, 2.24) is 0 Å². The molecule has 160 valence electrons. The average molecular weight is 418 g/mol. The SMILES string of the molecule is CO[C@H]1c2c(c3c(c4c(-c5ccccc5)cc(=O)oc24)OC(C)(C)C=C3)O[C@H](C)[C@H]1C. The van der Waals surface area contributed by atoms with Gasteiger partial charge in [-0.05, 0) is 38.5 Å². The van der Waals surface area contributed by atoms with E-state index in [2.05, 4.69) is 6.92 Å². The number of benzene rings is 2. The molecule has 2 aliphatic rings. The van der Waals surface area contributed by atoms with E-state index in [9.17, 15) is 4.79 Å². The zero-order valence-electron chi connectivity index (χ0n) is 18.4. The highest BCUT2D eigenvalue weighted by Gasteiger charge is 2.40. The van der Waals surface area contributed by atoms with Crippen molar-refractivity contribution in [2.75, 3.05) is 7.11 Å². The third-order valence-electron chi connectivity index (χ3n) is 6.33. The largest absolute Gasteiger partial charge is 0.489 e. The second-order valence-corrected chi connectivity index (χ2v) is 8.91.